The van der Waals surface area contributed by atoms with Gasteiger partial charge in [-0.25, -0.2) is 0 Å². The fraction of sp³-hybridized carbons (Fsp3) is 0.381. The molecule has 0 atom stereocenters. The highest BCUT2D eigenvalue weighted by molar-refractivity contribution is 5.79. The van der Waals surface area contributed by atoms with Gasteiger partial charge in [0.25, 0.3) is 0 Å². The first-order chi connectivity index (χ1) is 14.8. The zero-order valence-electron chi connectivity index (χ0n) is 17.8. The number of methoxy groups -OCH3 is 3. The molecule has 10 heteroatoms. The lowest BCUT2D eigenvalue weighted by Crippen LogP contribution is -2.36. The summed E-state index contributed by atoms with van der Waals surface area (Å²) in [6.45, 7) is -0.447. The molecule has 2 N–H and O–H groups in total. The molecule has 7 nitrogen and oxygen atoms in total. The minimum absolute atomic E-state index is 0.158. The Morgan fingerprint density at radius 2 is 1.42 bits per heavy atom. The predicted molar refractivity (Wildman–Crippen MR) is 111 cm³/mol. The van der Waals surface area contributed by atoms with Crippen LogP contribution in [-0.4, -0.2) is 47.1 Å². The van der Waals surface area contributed by atoms with Gasteiger partial charge in [0.15, 0.2) is 24.1 Å². The van der Waals surface area contributed by atoms with Crippen LogP contribution in [0.1, 0.15) is 11.1 Å². The van der Waals surface area contributed by atoms with E-state index >= 15 is 0 Å². The van der Waals surface area contributed by atoms with Gasteiger partial charge in [-0.05, 0) is 35.4 Å². The second kappa shape index (κ2) is 11.2. The van der Waals surface area contributed by atoms with E-state index in [2.05, 4.69) is 15.6 Å². The van der Waals surface area contributed by atoms with Crippen LogP contribution in [0.2, 0.25) is 0 Å². The summed E-state index contributed by atoms with van der Waals surface area (Å²) < 4.78 is 57.4. The molecule has 0 heterocycles. The zero-order valence-corrected chi connectivity index (χ0v) is 17.8. The molecule has 0 amide bonds. The molecular weight excluding hydrogens is 415 g/mol. The van der Waals surface area contributed by atoms with Crippen LogP contribution in [0.4, 0.5) is 13.2 Å². The Bertz CT molecular complexity index is 846. The van der Waals surface area contributed by atoms with Crippen molar-refractivity contribution < 1.29 is 32.1 Å². The van der Waals surface area contributed by atoms with Crippen LogP contribution in [0.15, 0.2) is 41.4 Å². The first-order valence-electron chi connectivity index (χ1n) is 9.31. The van der Waals surface area contributed by atoms with Crippen molar-refractivity contribution in [1.82, 2.24) is 10.6 Å². The Hall–Kier alpha value is -3.30. The number of hydrogen-bond acceptors (Lipinski definition) is 5. The van der Waals surface area contributed by atoms with Crippen molar-refractivity contribution in [3.63, 3.8) is 0 Å². The van der Waals surface area contributed by atoms with Gasteiger partial charge < -0.3 is 29.6 Å². The van der Waals surface area contributed by atoms with Crippen LogP contribution in [0.25, 0.3) is 0 Å². The largest absolute Gasteiger partial charge is 0.493 e. The molecule has 0 saturated carbocycles. The Labute approximate surface area is 179 Å². The van der Waals surface area contributed by atoms with E-state index in [0.29, 0.717) is 36.3 Å². The maximum absolute atomic E-state index is 12.2. The van der Waals surface area contributed by atoms with Crippen LogP contribution in [0.5, 0.6) is 23.0 Å². The third kappa shape index (κ3) is 7.47. The van der Waals surface area contributed by atoms with Crippen molar-refractivity contribution in [3.05, 3.63) is 47.5 Å². The maximum atomic E-state index is 12.2. The fourth-order valence-corrected chi connectivity index (χ4v) is 2.70. The van der Waals surface area contributed by atoms with Crippen molar-refractivity contribution >= 4 is 5.96 Å². The fourth-order valence-electron chi connectivity index (χ4n) is 2.70. The van der Waals surface area contributed by atoms with Gasteiger partial charge in [0.2, 0.25) is 5.75 Å². The first-order valence-corrected chi connectivity index (χ1v) is 9.31. The van der Waals surface area contributed by atoms with Crippen LogP contribution in [-0.2, 0) is 13.1 Å². The number of alkyl halides is 3. The molecule has 0 aliphatic carbocycles. The summed E-state index contributed by atoms with van der Waals surface area (Å²) in [6.07, 6.45) is -4.36. The molecule has 0 unspecified atom stereocenters. The van der Waals surface area contributed by atoms with Gasteiger partial charge in [0, 0.05) is 20.1 Å². The Morgan fingerprint density at radius 3 is 1.87 bits per heavy atom. The molecule has 0 spiro atoms. The average molecular weight is 441 g/mol. The number of nitrogens with zero attached hydrogens (tertiary/aromatic N) is 1. The van der Waals surface area contributed by atoms with Crippen molar-refractivity contribution in [1.29, 1.82) is 0 Å². The first kappa shape index (κ1) is 24.0. The summed E-state index contributed by atoms with van der Waals surface area (Å²) in [5.41, 5.74) is 1.75. The third-order valence-electron chi connectivity index (χ3n) is 4.19. The van der Waals surface area contributed by atoms with Crippen LogP contribution < -0.4 is 29.6 Å². The molecule has 0 saturated heterocycles. The molecule has 0 radical (unpaired) electrons. The number of aliphatic imine (C=N–C) groups is 1. The van der Waals surface area contributed by atoms with E-state index in [9.17, 15) is 13.2 Å². The van der Waals surface area contributed by atoms with E-state index in [1.165, 1.54) is 12.1 Å². The van der Waals surface area contributed by atoms with E-state index in [1.807, 2.05) is 12.1 Å². The quantitative estimate of drug-likeness (QED) is 0.458. The van der Waals surface area contributed by atoms with Gasteiger partial charge in [0.1, 0.15) is 5.75 Å². The number of nitrogens with one attached hydrogen (secondary N) is 2. The Balaban J connectivity index is 1.92. The Morgan fingerprint density at radius 1 is 0.871 bits per heavy atom. The van der Waals surface area contributed by atoms with E-state index in [0.717, 1.165) is 11.1 Å². The molecule has 0 fully saturated rings. The minimum Gasteiger partial charge on any atom is -0.493 e. The van der Waals surface area contributed by atoms with E-state index in [-0.39, 0.29) is 5.75 Å². The highest BCUT2D eigenvalue weighted by Crippen LogP contribution is 2.38. The third-order valence-corrected chi connectivity index (χ3v) is 4.19. The van der Waals surface area contributed by atoms with Crippen LogP contribution >= 0.6 is 0 Å². The van der Waals surface area contributed by atoms with E-state index < -0.39 is 12.8 Å². The highest BCUT2D eigenvalue weighted by Gasteiger charge is 2.28. The number of guanidine groups is 1. The standard InChI is InChI=1S/C21H26F3N3O4/c1-25-20(26-11-14-5-7-16(8-6-14)31-13-21(22,23)24)27-12-15-9-17(28-2)19(30-4)18(10-15)29-3/h5-10H,11-13H2,1-4H3,(H2,25,26,27). The maximum Gasteiger partial charge on any atom is 0.422 e. The molecule has 2 aromatic rings. The molecule has 0 aliphatic heterocycles. The summed E-state index contributed by atoms with van der Waals surface area (Å²) in [5.74, 6) is 2.32. The zero-order chi connectivity index (χ0) is 22.9. The van der Waals surface area contributed by atoms with Gasteiger partial charge in [0.05, 0.1) is 21.3 Å². The average Bonchev–Trinajstić information content (AvgIpc) is 2.77. The van der Waals surface area contributed by atoms with Gasteiger partial charge in [-0.3, -0.25) is 4.99 Å². The summed E-state index contributed by atoms with van der Waals surface area (Å²) in [5, 5.41) is 6.32. The molecule has 170 valence electrons. The second-order valence-corrected chi connectivity index (χ2v) is 6.36. The molecule has 2 rings (SSSR count). The minimum atomic E-state index is -4.36. The SMILES string of the molecule is CN=C(NCc1ccc(OCC(F)(F)F)cc1)NCc1cc(OC)c(OC)c(OC)c1. The molecule has 0 aromatic heterocycles. The lowest BCUT2D eigenvalue weighted by atomic mass is 10.2. The summed E-state index contributed by atoms with van der Waals surface area (Å²) in [4.78, 5) is 4.17. The normalized spacial score (nSPS) is 11.6. The predicted octanol–water partition coefficient (Wildman–Crippen LogP) is 3.52. The lowest BCUT2D eigenvalue weighted by molar-refractivity contribution is -0.153. The van der Waals surface area contributed by atoms with E-state index in [1.54, 1.807) is 40.5 Å². The van der Waals surface area contributed by atoms with Crippen molar-refractivity contribution in [2.24, 2.45) is 4.99 Å². The number of rotatable bonds is 9. The molecule has 0 bridgehead atoms. The summed E-state index contributed by atoms with van der Waals surface area (Å²) >= 11 is 0. The highest BCUT2D eigenvalue weighted by atomic mass is 19.4. The monoisotopic (exact) mass is 441 g/mol. The number of benzene rings is 2. The number of hydrogen-bond donors (Lipinski definition) is 2. The topological polar surface area (TPSA) is 73.3 Å². The van der Waals surface area contributed by atoms with Crippen molar-refractivity contribution in [2.45, 2.75) is 19.3 Å². The molecular formula is C21H26F3N3O4. The number of halogens is 3. The molecule has 0 aliphatic rings. The molecule has 31 heavy (non-hydrogen) atoms. The van der Waals surface area contributed by atoms with Crippen molar-refractivity contribution in [3.8, 4) is 23.0 Å². The van der Waals surface area contributed by atoms with Crippen LogP contribution in [0, 0.1) is 0 Å². The second-order valence-electron chi connectivity index (χ2n) is 6.36. The Kier molecular flexibility index (Phi) is 8.65. The smallest absolute Gasteiger partial charge is 0.422 e. The molecule has 2 aromatic carbocycles. The van der Waals surface area contributed by atoms with Gasteiger partial charge >= 0.3 is 6.18 Å². The van der Waals surface area contributed by atoms with Crippen molar-refractivity contribution in [2.75, 3.05) is 35.0 Å². The van der Waals surface area contributed by atoms with Gasteiger partial charge in [-0.15, -0.1) is 0 Å². The van der Waals surface area contributed by atoms with Gasteiger partial charge in [-0.1, -0.05) is 12.1 Å². The number of ether oxygens (including phenoxy) is 4. The van der Waals surface area contributed by atoms with Gasteiger partial charge in [-0.2, -0.15) is 13.2 Å². The summed E-state index contributed by atoms with van der Waals surface area (Å²) in [7, 11) is 6.28. The van der Waals surface area contributed by atoms with Crippen LogP contribution in [0.3, 0.4) is 0 Å². The summed E-state index contributed by atoms with van der Waals surface area (Å²) in [6, 6.07) is 10.0. The lowest BCUT2D eigenvalue weighted by Gasteiger charge is -2.16. The van der Waals surface area contributed by atoms with E-state index in [4.69, 9.17) is 18.9 Å².